The Hall–Kier alpha value is -2.92. The van der Waals surface area contributed by atoms with Crippen molar-refractivity contribution in [1.82, 2.24) is 4.57 Å². The summed E-state index contributed by atoms with van der Waals surface area (Å²) < 4.78 is 24.8. The molecule has 0 radical (unpaired) electrons. The van der Waals surface area contributed by atoms with Gasteiger partial charge in [0.15, 0.2) is 9.84 Å². The first-order valence-electron chi connectivity index (χ1n) is 9.68. The van der Waals surface area contributed by atoms with Gasteiger partial charge in [0.05, 0.1) is 28.8 Å². The van der Waals surface area contributed by atoms with E-state index in [1.165, 1.54) is 6.21 Å². The van der Waals surface area contributed by atoms with E-state index >= 15 is 0 Å². The van der Waals surface area contributed by atoms with E-state index in [1.807, 2.05) is 30.3 Å². The van der Waals surface area contributed by atoms with Gasteiger partial charge in [-0.15, -0.1) is 0 Å². The van der Waals surface area contributed by atoms with Crippen LogP contribution in [-0.4, -0.2) is 35.8 Å². The molecule has 1 aromatic carbocycles. The lowest BCUT2D eigenvalue weighted by molar-refractivity contribution is 0.379. The van der Waals surface area contributed by atoms with Crippen molar-refractivity contribution in [2.75, 3.05) is 11.5 Å². The summed E-state index contributed by atoms with van der Waals surface area (Å²) in [4.78, 5) is 17.1. The molecule has 1 atom stereocenters. The minimum atomic E-state index is -3.28. The van der Waals surface area contributed by atoms with Crippen LogP contribution < -0.4 is 5.56 Å². The third-order valence-corrected chi connectivity index (χ3v) is 7.19. The molecular weight excluding hydrogens is 402 g/mol. The van der Waals surface area contributed by atoms with Gasteiger partial charge in [0, 0.05) is 6.21 Å². The topological polar surface area (TPSA) is 113 Å². The standard InChI is InChI=1S/C22H25N3O4S/c1-14-18(11-23)20(26)25(17-9-10-30(28,29)13-17)21(27)19(14)12-24-16-7-5-15(6-8-16)22(2,3)4/h5-8,12,17,27H,9-10,13H2,1-4H3. The predicted molar refractivity (Wildman–Crippen MR) is 117 cm³/mol. The van der Waals surface area contributed by atoms with Crippen LogP contribution in [0.3, 0.4) is 0 Å². The molecular formula is C22H25N3O4S. The van der Waals surface area contributed by atoms with Crippen LogP contribution in [0.1, 0.15) is 55.5 Å². The summed E-state index contributed by atoms with van der Waals surface area (Å²) >= 11 is 0. The summed E-state index contributed by atoms with van der Waals surface area (Å²) in [6, 6.07) is 8.85. The Balaban J connectivity index is 2.07. The zero-order chi connectivity index (χ0) is 22.3. The van der Waals surface area contributed by atoms with Gasteiger partial charge in [0.1, 0.15) is 11.6 Å². The maximum atomic E-state index is 12.7. The SMILES string of the molecule is Cc1c(C=Nc2ccc(C(C)(C)C)cc2)c(O)n(C2CCS(=O)(=O)C2)c(=O)c1C#N. The van der Waals surface area contributed by atoms with Crippen LogP contribution in [0.4, 0.5) is 5.69 Å². The van der Waals surface area contributed by atoms with Gasteiger partial charge in [-0.1, -0.05) is 32.9 Å². The van der Waals surface area contributed by atoms with Gasteiger partial charge in [0.2, 0.25) is 5.88 Å². The molecule has 1 fully saturated rings. The maximum Gasteiger partial charge on any atom is 0.271 e. The monoisotopic (exact) mass is 427 g/mol. The minimum Gasteiger partial charge on any atom is -0.494 e. The van der Waals surface area contributed by atoms with Crippen LogP contribution in [0.5, 0.6) is 5.88 Å². The van der Waals surface area contributed by atoms with Gasteiger partial charge >= 0.3 is 0 Å². The van der Waals surface area contributed by atoms with Crippen LogP contribution >= 0.6 is 0 Å². The number of rotatable bonds is 3. The van der Waals surface area contributed by atoms with Crippen LogP contribution in [-0.2, 0) is 15.3 Å². The highest BCUT2D eigenvalue weighted by molar-refractivity contribution is 7.91. The lowest BCUT2D eigenvalue weighted by atomic mass is 9.87. The molecule has 158 valence electrons. The molecule has 2 aromatic rings. The van der Waals surface area contributed by atoms with E-state index < -0.39 is 21.4 Å². The second kappa shape index (κ2) is 7.73. The molecule has 0 bridgehead atoms. The van der Waals surface area contributed by atoms with Crippen LogP contribution in [0, 0.1) is 18.3 Å². The van der Waals surface area contributed by atoms with Crippen molar-refractivity contribution in [2.24, 2.45) is 4.99 Å². The van der Waals surface area contributed by atoms with E-state index in [4.69, 9.17) is 0 Å². The van der Waals surface area contributed by atoms with Crippen molar-refractivity contribution in [2.45, 2.75) is 45.6 Å². The van der Waals surface area contributed by atoms with E-state index in [1.54, 1.807) is 6.92 Å². The molecule has 7 nitrogen and oxygen atoms in total. The molecule has 0 aliphatic carbocycles. The number of aliphatic imine (C=N–C) groups is 1. The van der Waals surface area contributed by atoms with Crippen LogP contribution in [0.25, 0.3) is 0 Å². The number of sulfone groups is 1. The highest BCUT2D eigenvalue weighted by atomic mass is 32.2. The number of pyridine rings is 1. The van der Waals surface area contributed by atoms with Crippen LogP contribution in [0.15, 0.2) is 34.1 Å². The fraction of sp³-hybridized carbons (Fsp3) is 0.409. The molecule has 1 aliphatic rings. The number of hydrogen-bond acceptors (Lipinski definition) is 6. The summed E-state index contributed by atoms with van der Waals surface area (Å²) in [6.07, 6.45) is 1.63. The molecule has 1 N–H and O–H groups in total. The average Bonchev–Trinajstić information content (AvgIpc) is 3.01. The molecule has 3 rings (SSSR count). The molecule has 0 amide bonds. The summed E-state index contributed by atoms with van der Waals surface area (Å²) in [5.41, 5.74) is 1.56. The highest BCUT2D eigenvalue weighted by Gasteiger charge is 2.33. The third-order valence-electron chi connectivity index (χ3n) is 5.44. The molecule has 1 aliphatic heterocycles. The highest BCUT2D eigenvalue weighted by Crippen LogP contribution is 2.30. The normalized spacial score (nSPS) is 18.6. The van der Waals surface area contributed by atoms with E-state index in [0.29, 0.717) is 11.3 Å². The second-order valence-electron chi connectivity index (χ2n) is 8.64. The van der Waals surface area contributed by atoms with Gasteiger partial charge in [0.25, 0.3) is 5.56 Å². The fourth-order valence-corrected chi connectivity index (χ4v) is 5.30. The summed E-state index contributed by atoms with van der Waals surface area (Å²) in [5, 5.41) is 20.3. The second-order valence-corrected chi connectivity index (χ2v) is 10.9. The number of aromatic nitrogens is 1. The Morgan fingerprint density at radius 3 is 2.40 bits per heavy atom. The van der Waals surface area contributed by atoms with Crippen molar-refractivity contribution in [3.8, 4) is 11.9 Å². The number of aromatic hydroxyl groups is 1. The number of nitrogens with zero attached hydrogens (tertiary/aromatic N) is 3. The number of hydrogen-bond donors (Lipinski definition) is 1. The Kier molecular flexibility index (Phi) is 5.61. The van der Waals surface area contributed by atoms with E-state index in [0.717, 1.165) is 10.1 Å². The largest absolute Gasteiger partial charge is 0.494 e. The van der Waals surface area contributed by atoms with Gasteiger partial charge in [-0.05, 0) is 42.0 Å². The van der Waals surface area contributed by atoms with Gasteiger partial charge < -0.3 is 5.11 Å². The van der Waals surface area contributed by atoms with Crippen molar-refractivity contribution in [1.29, 1.82) is 5.26 Å². The fourth-order valence-electron chi connectivity index (χ4n) is 3.60. The zero-order valence-electron chi connectivity index (χ0n) is 17.5. The number of nitriles is 1. The lowest BCUT2D eigenvalue weighted by Crippen LogP contribution is -2.29. The van der Waals surface area contributed by atoms with E-state index in [-0.39, 0.29) is 40.3 Å². The predicted octanol–water partition coefficient (Wildman–Crippen LogP) is 3.14. The number of benzene rings is 1. The molecule has 2 heterocycles. The molecule has 0 saturated carbocycles. The molecule has 30 heavy (non-hydrogen) atoms. The van der Waals surface area contributed by atoms with Gasteiger partial charge in [-0.25, -0.2) is 8.42 Å². The van der Waals surface area contributed by atoms with E-state index in [9.17, 15) is 23.6 Å². The average molecular weight is 428 g/mol. The Bertz CT molecular complexity index is 1210. The minimum absolute atomic E-state index is 0.00984. The first-order chi connectivity index (χ1) is 13.9. The van der Waals surface area contributed by atoms with Crippen molar-refractivity contribution < 1.29 is 13.5 Å². The summed E-state index contributed by atoms with van der Waals surface area (Å²) in [6.45, 7) is 7.91. The molecule has 0 spiro atoms. The molecule has 8 heteroatoms. The van der Waals surface area contributed by atoms with Gasteiger partial charge in [-0.3, -0.25) is 14.4 Å². The molecule has 1 unspecified atom stereocenters. The molecule has 1 aromatic heterocycles. The van der Waals surface area contributed by atoms with Crippen molar-refractivity contribution in [3.05, 3.63) is 56.9 Å². The quantitative estimate of drug-likeness (QED) is 0.756. The smallest absolute Gasteiger partial charge is 0.271 e. The zero-order valence-corrected chi connectivity index (χ0v) is 18.3. The maximum absolute atomic E-state index is 12.7. The molecule has 1 saturated heterocycles. The Labute approximate surface area is 176 Å². The van der Waals surface area contributed by atoms with Crippen LogP contribution in [0.2, 0.25) is 0 Å². The van der Waals surface area contributed by atoms with Gasteiger partial charge in [-0.2, -0.15) is 5.26 Å². The first kappa shape index (κ1) is 21.8. The van der Waals surface area contributed by atoms with Crippen molar-refractivity contribution >= 4 is 21.7 Å². The summed E-state index contributed by atoms with van der Waals surface area (Å²) in [5.74, 6) is -0.657. The third kappa shape index (κ3) is 4.17. The van der Waals surface area contributed by atoms with E-state index in [2.05, 4.69) is 25.8 Å². The van der Waals surface area contributed by atoms with Crippen molar-refractivity contribution in [3.63, 3.8) is 0 Å². The first-order valence-corrected chi connectivity index (χ1v) is 11.5. The lowest BCUT2D eigenvalue weighted by Gasteiger charge is -2.19. The Morgan fingerprint density at radius 1 is 1.27 bits per heavy atom. The Morgan fingerprint density at radius 2 is 1.90 bits per heavy atom. The summed E-state index contributed by atoms with van der Waals surface area (Å²) in [7, 11) is -3.28.